The van der Waals surface area contributed by atoms with Crippen molar-refractivity contribution in [2.24, 2.45) is 11.1 Å². The highest BCUT2D eigenvalue weighted by Crippen LogP contribution is 2.32. The van der Waals surface area contributed by atoms with Crippen molar-refractivity contribution in [3.63, 3.8) is 0 Å². The van der Waals surface area contributed by atoms with Gasteiger partial charge in [-0.2, -0.15) is 17.0 Å². The van der Waals surface area contributed by atoms with Crippen molar-refractivity contribution in [1.82, 2.24) is 8.61 Å². The monoisotopic (exact) mass is 293 g/mol. The van der Waals surface area contributed by atoms with Crippen LogP contribution in [-0.2, 0) is 10.2 Å². The molecule has 0 atom stereocenters. The fraction of sp³-hybridized carbons (Fsp3) is 0.909. The number of hydrogen-bond acceptors (Lipinski definition) is 3. The van der Waals surface area contributed by atoms with Gasteiger partial charge in [-0.1, -0.05) is 33.0 Å². The van der Waals surface area contributed by atoms with Crippen molar-refractivity contribution in [1.29, 1.82) is 0 Å². The summed E-state index contributed by atoms with van der Waals surface area (Å²) in [6, 6.07) is 0. The van der Waals surface area contributed by atoms with Crippen LogP contribution in [0.4, 0.5) is 0 Å². The highest BCUT2D eigenvalue weighted by Gasteiger charge is 2.38. The predicted molar refractivity (Wildman–Crippen MR) is 77.5 cm³/mol. The Balaban J connectivity index is 2.77. The molecule has 0 aromatic heterocycles. The number of piperidine rings is 1. The third-order valence-corrected chi connectivity index (χ3v) is 6.46. The number of rotatable bonds is 5. The van der Waals surface area contributed by atoms with Gasteiger partial charge in [0.2, 0.25) is 0 Å². The molecule has 1 aliphatic rings. The Morgan fingerprint density at radius 3 is 2.11 bits per heavy atom. The molecule has 5 nitrogen and oxygen atoms in total. The molecule has 0 amide bonds. The lowest BCUT2D eigenvalue weighted by atomic mass is 9.81. The van der Waals surface area contributed by atoms with Crippen LogP contribution in [0.3, 0.4) is 0 Å². The van der Waals surface area contributed by atoms with E-state index in [-0.39, 0.29) is 5.41 Å². The first kappa shape index (κ1) is 15.8. The molecule has 1 saturated heterocycles. The normalized spacial score (nSPS) is 21.1. The first-order valence-electron chi connectivity index (χ1n) is 6.33. The summed E-state index contributed by atoms with van der Waals surface area (Å²) in [4.78, 5) is 0.488. The Morgan fingerprint density at radius 2 is 1.78 bits per heavy atom. The Labute approximate surface area is 115 Å². The number of nitrogens with zero attached hydrogens (tertiary/aromatic N) is 2. The van der Waals surface area contributed by atoms with Gasteiger partial charge in [-0.15, -0.1) is 0 Å². The SMILES string of the molecule is CCN(CC)S(=O)(=O)N1CCC(C)(C(N)=S)CC1. The topological polar surface area (TPSA) is 66.6 Å². The summed E-state index contributed by atoms with van der Waals surface area (Å²) >= 11 is 5.06. The largest absolute Gasteiger partial charge is 0.393 e. The number of thiocarbonyl (C=S) groups is 1. The van der Waals surface area contributed by atoms with E-state index in [1.54, 1.807) is 4.31 Å². The standard InChI is InChI=1S/C11H23N3O2S2/c1-4-13(5-2)18(15,16)14-8-6-11(3,7-9-14)10(12)17/h4-9H2,1-3H3,(H2,12,17). The smallest absolute Gasteiger partial charge is 0.281 e. The lowest BCUT2D eigenvalue weighted by molar-refractivity contribution is 0.231. The molecule has 0 unspecified atom stereocenters. The highest BCUT2D eigenvalue weighted by molar-refractivity contribution is 7.86. The van der Waals surface area contributed by atoms with E-state index in [0.29, 0.717) is 44.0 Å². The highest BCUT2D eigenvalue weighted by atomic mass is 32.2. The molecule has 7 heteroatoms. The van der Waals surface area contributed by atoms with Crippen LogP contribution < -0.4 is 5.73 Å². The maximum Gasteiger partial charge on any atom is 0.281 e. The van der Waals surface area contributed by atoms with Crippen LogP contribution >= 0.6 is 12.2 Å². The Kier molecular flexibility index (Phi) is 5.11. The Bertz CT molecular complexity index is 397. The van der Waals surface area contributed by atoms with Gasteiger partial charge in [-0.3, -0.25) is 0 Å². The van der Waals surface area contributed by atoms with Gasteiger partial charge >= 0.3 is 0 Å². The van der Waals surface area contributed by atoms with E-state index in [9.17, 15) is 8.42 Å². The van der Waals surface area contributed by atoms with Gasteiger partial charge in [0.25, 0.3) is 10.2 Å². The van der Waals surface area contributed by atoms with Crippen LogP contribution in [-0.4, -0.2) is 48.2 Å². The molecule has 106 valence electrons. The molecular formula is C11H23N3O2S2. The van der Waals surface area contributed by atoms with E-state index >= 15 is 0 Å². The van der Waals surface area contributed by atoms with E-state index < -0.39 is 10.2 Å². The van der Waals surface area contributed by atoms with Gasteiger partial charge < -0.3 is 5.73 Å². The van der Waals surface area contributed by atoms with Crippen molar-refractivity contribution >= 4 is 27.4 Å². The third-order valence-electron chi connectivity index (χ3n) is 3.78. The number of hydrogen-bond donors (Lipinski definition) is 1. The zero-order valence-corrected chi connectivity index (χ0v) is 13.0. The minimum Gasteiger partial charge on any atom is -0.393 e. The van der Waals surface area contributed by atoms with Gasteiger partial charge in [0.05, 0.1) is 4.99 Å². The van der Waals surface area contributed by atoms with E-state index in [0.717, 1.165) is 0 Å². The summed E-state index contributed by atoms with van der Waals surface area (Å²) in [6.45, 7) is 7.70. The summed E-state index contributed by atoms with van der Waals surface area (Å²) in [5.41, 5.74) is 5.52. The first-order valence-corrected chi connectivity index (χ1v) is 8.13. The average Bonchev–Trinajstić information content (AvgIpc) is 2.30. The second-order valence-electron chi connectivity index (χ2n) is 4.92. The summed E-state index contributed by atoms with van der Waals surface area (Å²) in [5, 5.41) is 0. The van der Waals surface area contributed by atoms with E-state index in [1.165, 1.54) is 4.31 Å². The zero-order valence-electron chi connectivity index (χ0n) is 11.3. The molecule has 0 radical (unpaired) electrons. The minimum absolute atomic E-state index is 0.204. The minimum atomic E-state index is -3.32. The molecule has 18 heavy (non-hydrogen) atoms. The Morgan fingerprint density at radius 1 is 1.33 bits per heavy atom. The zero-order chi connectivity index (χ0) is 14.0. The van der Waals surface area contributed by atoms with Gasteiger partial charge in [0.1, 0.15) is 0 Å². The quantitative estimate of drug-likeness (QED) is 0.767. The maximum atomic E-state index is 12.3. The van der Waals surface area contributed by atoms with Crippen LogP contribution in [0.5, 0.6) is 0 Å². The molecule has 0 spiro atoms. The molecule has 1 rings (SSSR count). The van der Waals surface area contributed by atoms with Gasteiger partial charge in [-0.05, 0) is 12.8 Å². The first-order chi connectivity index (χ1) is 8.28. The summed E-state index contributed by atoms with van der Waals surface area (Å²) < 4.78 is 27.7. The molecule has 2 N–H and O–H groups in total. The average molecular weight is 293 g/mol. The van der Waals surface area contributed by atoms with Crippen LogP contribution in [0, 0.1) is 5.41 Å². The molecule has 1 fully saturated rings. The van der Waals surface area contributed by atoms with Gasteiger partial charge in [0, 0.05) is 31.6 Å². The molecule has 0 aromatic carbocycles. The molecule has 1 aliphatic heterocycles. The molecule has 0 saturated carbocycles. The maximum absolute atomic E-state index is 12.3. The second-order valence-corrected chi connectivity index (χ2v) is 7.28. The van der Waals surface area contributed by atoms with Crippen LogP contribution in [0.25, 0.3) is 0 Å². The van der Waals surface area contributed by atoms with Crippen molar-refractivity contribution in [2.75, 3.05) is 26.2 Å². The third kappa shape index (κ3) is 3.01. The number of nitrogens with two attached hydrogens (primary N) is 1. The van der Waals surface area contributed by atoms with Gasteiger partial charge in [-0.25, -0.2) is 0 Å². The molecular weight excluding hydrogens is 270 g/mol. The van der Waals surface area contributed by atoms with Gasteiger partial charge in [0.15, 0.2) is 0 Å². The lowest BCUT2D eigenvalue weighted by Crippen LogP contribution is -2.51. The van der Waals surface area contributed by atoms with E-state index in [4.69, 9.17) is 18.0 Å². The molecule has 0 aromatic rings. The molecule has 0 aliphatic carbocycles. The molecule has 1 heterocycles. The van der Waals surface area contributed by atoms with Crippen LogP contribution in [0.15, 0.2) is 0 Å². The fourth-order valence-corrected chi connectivity index (χ4v) is 4.00. The van der Waals surface area contributed by atoms with Crippen molar-refractivity contribution in [3.05, 3.63) is 0 Å². The second kappa shape index (κ2) is 5.81. The molecule has 0 bridgehead atoms. The van der Waals surface area contributed by atoms with Crippen molar-refractivity contribution in [3.8, 4) is 0 Å². The summed E-state index contributed by atoms with van der Waals surface area (Å²) in [6.07, 6.45) is 1.39. The predicted octanol–water partition coefficient (Wildman–Crippen LogP) is 0.961. The van der Waals surface area contributed by atoms with Crippen molar-refractivity contribution in [2.45, 2.75) is 33.6 Å². The Hall–Kier alpha value is -0.240. The lowest BCUT2D eigenvalue weighted by Gasteiger charge is -2.39. The van der Waals surface area contributed by atoms with Crippen LogP contribution in [0.2, 0.25) is 0 Å². The van der Waals surface area contributed by atoms with E-state index in [2.05, 4.69) is 0 Å². The van der Waals surface area contributed by atoms with Crippen molar-refractivity contribution < 1.29 is 8.42 Å². The fourth-order valence-electron chi connectivity index (χ4n) is 2.17. The summed E-state index contributed by atoms with van der Waals surface area (Å²) in [7, 11) is -3.32. The van der Waals surface area contributed by atoms with Crippen LogP contribution in [0.1, 0.15) is 33.6 Å². The summed E-state index contributed by atoms with van der Waals surface area (Å²) in [5.74, 6) is 0. The van der Waals surface area contributed by atoms with E-state index in [1.807, 2.05) is 20.8 Å².